The maximum Gasteiger partial charge on any atom is 0.293 e. The lowest BCUT2D eigenvalue weighted by Gasteiger charge is -2.07. The smallest absolute Gasteiger partial charge is 0.293 e. The molecule has 0 aliphatic carbocycles. The summed E-state index contributed by atoms with van der Waals surface area (Å²) in [5.41, 5.74) is 2.24. The average molecular weight is 279 g/mol. The van der Waals surface area contributed by atoms with Gasteiger partial charge in [-0.05, 0) is 30.5 Å². The minimum Gasteiger partial charge on any atom is -0.438 e. The zero-order valence-electron chi connectivity index (χ0n) is 11.0. The SMILES string of the molecule is Cc1ccc(NC(=O)c2ocnc2C(C)C)cc1Cl. The fraction of sp³-hybridized carbons (Fsp3) is 0.286. The summed E-state index contributed by atoms with van der Waals surface area (Å²) in [7, 11) is 0. The van der Waals surface area contributed by atoms with E-state index < -0.39 is 0 Å². The van der Waals surface area contributed by atoms with Gasteiger partial charge in [0, 0.05) is 10.7 Å². The van der Waals surface area contributed by atoms with Crippen molar-refractivity contribution in [1.29, 1.82) is 0 Å². The lowest BCUT2D eigenvalue weighted by atomic mass is 10.1. The van der Waals surface area contributed by atoms with Gasteiger partial charge in [0.1, 0.15) is 0 Å². The molecule has 0 aliphatic rings. The number of carbonyl (C=O) groups is 1. The molecule has 1 aromatic heterocycles. The minimum absolute atomic E-state index is 0.126. The van der Waals surface area contributed by atoms with Gasteiger partial charge in [0.05, 0.1) is 5.69 Å². The second-order valence-electron chi connectivity index (χ2n) is 4.64. The van der Waals surface area contributed by atoms with Crippen LogP contribution < -0.4 is 5.32 Å². The van der Waals surface area contributed by atoms with E-state index in [1.165, 1.54) is 6.39 Å². The standard InChI is InChI=1S/C14H15ClN2O2/c1-8(2)12-13(19-7-16-12)14(18)17-10-5-4-9(3)11(15)6-10/h4-8H,1-3H3,(H,17,18). The number of anilines is 1. The van der Waals surface area contributed by atoms with Crippen molar-refractivity contribution >= 4 is 23.2 Å². The number of rotatable bonds is 3. The van der Waals surface area contributed by atoms with Crippen molar-refractivity contribution in [2.24, 2.45) is 0 Å². The fourth-order valence-corrected chi connectivity index (χ4v) is 1.87. The Kier molecular flexibility index (Phi) is 3.90. The van der Waals surface area contributed by atoms with Crippen molar-refractivity contribution in [3.8, 4) is 0 Å². The van der Waals surface area contributed by atoms with Crippen LogP contribution in [0, 0.1) is 6.92 Å². The molecule has 1 aromatic carbocycles. The number of oxazole rings is 1. The number of benzene rings is 1. The van der Waals surface area contributed by atoms with Gasteiger partial charge in [-0.3, -0.25) is 4.79 Å². The van der Waals surface area contributed by atoms with Crippen LogP contribution in [-0.4, -0.2) is 10.9 Å². The first-order chi connectivity index (χ1) is 8.99. The van der Waals surface area contributed by atoms with Gasteiger partial charge in [0.25, 0.3) is 5.91 Å². The second-order valence-corrected chi connectivity index (χ2v) is 5.05. The third-order valence-electron chi connectivity index (χ3n) is 2.78. The molecule has 100 valence electrons. The predicted octanol–water partition coefficient (Wildman–Crippen LogP) is 4.01. The lowest BCUT2D eigenvalue weighted by Crippen LogP contribution is -2.13. The molecule has 0 aliphatic heterocycles. The first-order valence-corrected chi connectivity index (χ1v) is 6.37. The van der Waals surface area contributed by atoms with E-state index in [1.807, 2.05) is 26.8 Å². The highest BCUT2D eigenvalue weighted by Gasteiger charge is 2.19. The van der Waals surface area contributed by atoms with Crippen LogP contribution in [-0.2, 0) is 0 Å². The Bertz CT molecular complexity index is 605. The van der Waals surface area contributed by atoms with Gasteiger partial charge in [-0.15, -0.1) is 0 Å². The number of hydrogen-bond acceptors (Lipinski definition) is 3. The van der Waals surface area contributed by atoms with Crippen molar-refractivity contribution < 1.29 is 9.21 Å². The molecule has 1 amide bonds. The van der Waals surface area contributed by atoms with Crippen LogP contribution in [0.5, 0.6) is 0 Å². The summed E-state index contributed by atoms with van der Waals surface area (Å²) >= 11 is 6.02. The van der Waals surface area contributed by atoms with Crippen LogP contribution in [0.3, 0.4) is 0 Å². The first-order valence-electron chi connectivity index (χ1n) is 6.00. The van der Waals surface area contributed by atoms with Gasteiger partial charge >= 0.3 is 0 Å². The molecule has 0 fully saturated rings. The van der Waals surface area contributed by atoms with Crippen LogP contribution in [0.4, 0.5) is 5.69 Å². The predicted molar refractivity (Wildman–Crippen MR) is 74.7 cm³/mol. The molecule has 5 heteroatoms. The number of nitrogens with zero attached hydrogens (tertiary/aromatic N) is 1. The zero-order chi connectivity index (χ0) is 14.0. The molecular formula is C14H15ClN2O2. The van der Waals surface area contributed by atoms with E-state index >= 15 is 0 Å². The molecule has 19 heavy (non-hydrogen) atoms. The van der Waals surface area contributed by atoms with E-state index in [1.54, 1.807) is 12.1 Å². The number of hydrogen-bond donors (Lipinski definition) is 1. The molecule has 1 N–H and O–H groups in total. The van der Waals surface area contributed by atoms with E-state index in [4.69, 9.17) is 16.0 Å². The van der Waals surface area contributed by atoms with Crippen molar-refractivity contribution in [2.75, 3.05) is 5.32 Å². The molecule has 1 heterocycles. The normalized spacial score (nSPS) is 10.8. The van der Waals surface area contributed by atoms with E-state index in [9.17, 15) is 4.79 Å². The Morgan fingerprint density at radius 3 is 2.79 bits per heavy atom. The third-order valence-corrected chi connectivity index (χ3v) is 3.18. The van der Waals surface area contributed by atoms with E-state index in [2.05, 4.69) is 10.3 Å². The highest BCUT2D eigenvalue weighted by molar-refractivity contribution is 6.31. The summed E-state index contributed by atoms with van der Waals surface area (Å²) in [6, 6.07) is 5.35. The van der Waals surface area contributed by atoms with Gasteiger partial charge in [0.2, 0.25) is 5.76 Å². The second kappa shape index (κ2) is 5.45. The molecule has 2 rings (SSSR count). The van der Waals surface area contributed by atoms with Crippen LogP contribution in [0.25, 0.3) is 0 Å². The Balaban J connectivity index is 2.21. The van der Waals surface area contributed by atoms with Crippen molar-refractivity contribution in [1.82, 2.24) is 4.98 Å². The van der Waals surface area contributed by atoms with Gasteiger partial charge in [-0.25, -0.2) is 4.98 Å². The first kappa shape index (κ1) is 13.6. The molecule has 0 saturated carbocycles. The molecule has 2 aromatic rings. The number of carbonyl (C=O) groups excluding carboxylic acids is 1. The number of nitrogens with one attached hydrogen (secondary N) is 1. The highest BCUT2D eigenvalue weighted by atomic mass is 35.5. The topological polar surface area (TPSA) is 55.1 Å². The summed E-state index contributed by atoms with van der Waals surface area (Å²) in [4.78, 5) is 16.2. The summed E-state index contributed by atoms with van der Waals surface area (Å²) in [5, 5.41) is 3.36. The molecule has 0 spiro atoms. The molecule has 0 saturated heterocycles. The van der Waals surface area contributed by atoms with Crippen LogP contribution >= 0.6 is 11.6 Å². The maximum atomic E-state index is 12.1. The number of aryl methyl sites for hydroxylation is 1. The summed E-state index contributed by atoms with van der Waals surface area (Å²) in [6.45, 7) is 5.82. The summed E-state index contributed by atoms with van der Waals surface area (Å²) in [6.07, 6.45) is 1.28. The quantitative estimate of drug-likeness (QED) is 0.923. The molecule has 4 nitrogen and oxygen atoms in total. The minimum atomic E-state index is -0.318. The molecular weight excluding hydrogens is 264 g/mol. The molecule has 0 bridgehead atoms. The Morgan fingerprint density at radius 2 is 2.16 bits per heavy atom. The Labute approximate surface area is 116 Å². The van der Waals surface area contributed by atoms with Crippen molar-refractivity contribution in [3.63, 3.8) is 0 Å². The maximum absolute atomic E-state index is 12.1. The molecule has 0 atom stereocenters. The van der Waals surface area contributed by atoms with E-state index in [0.717, 1.165) is 5.56 Å². The van der Waals surface area contributed by atoms with Gasteiger partial charge in [-0.2, -0.15) is 0 Å². The molecule has 0 radical (unpaired) electrons. The Hall–Kier alpha value is -1.81. The van der Waals surface area contributed by atoms with Gasteiger partial charge < -0.3 is 9.73 Å². The fourth-order valence-electron chi connectivity index (χ4n) is 1.69. The van der Waals surface area contributed by atoms with Crippen LogP contribution in [0.1, 0.15) is 41.6 Å². The number of aromatic nitrogens is 1. The van der Waals surface area contributed by atoms with E-state index in [-0.39, 0.29) is 17.6 Å². The van der Waals surface area contributed by atoms with E-state index in [0.29, 0.717) is 16.4 Å². The zero-order valence-corrected chi connectivity index (χ0v) is 11.8. The third kappa shape index (κ3) is 2.96. The highest BCUT2D eigenvalue weighted by Crippen LogP contribution is 2.22. The van der Waals surface area contributed by atoms with Gasteiger partial charge in [0.15, 0.2) is 6.39 Å². The molecule has 0 unspecified atom stereocenters. The number of halogens is 1. The summed E-state index contributed by atoms with van der Waals surface area (Å²) < 4.78 is 5.16. The summed E-state index contributed by atoms with van der Waals surface area (Å²) in [5.74, 6) is 0.0499. The largest absolute Gasteiger partial charge is 0.438 e. The van der Waals surface area contributed by atoms with Gasteiger partial charge in [-0.1, -0.05) is 31.5 Å². The number of amides is 1. The van der Waals surface area contributed by atoms with Crippen LogP contribution in [0.2, 0.25) is 5.02 Å². The van der Waals surface area contributed by atoms with Crippen molar-refractivity contribution in [2.45, 2.75) is 26.7 Å². The Morgan fingerprint density at radius 1 is 1.42 bits per heavy atom. The lowest BCUT2D eigenvalue weighted by molar-refractivity contribution is 0.0995. The van der Waals surface area contributed by atoms with Crippen molar-refractivity contribution in [3.05, 3.63) is 46.6 Å². The van der Waals surface area contributed by atoms with Crippen LogP contribution in [0.15, 0.2) is 29.0 Å². The monoisotopic (exact) mass is 278 g/mol. The average Bonchev–Trinajstić information content (AvgIpc) is 2.83.